The van der Waals surface area contributed by atoms with Gasteiger partial charge in [-0.05, 0) is 12.8 Å². The highest BCUT2D eigenvalue weighted by molar-refractivity contribution is 4.90. The fraction of sp³-hybridized carbons (Fsp3) is 0.875. The maximum atomic E-state index is 4.58. The van der Waals surface area contributed by atoms with Crippen LogP contribution in [-0.4, -0.2) is 15.2 Å². The number of aromatic amines is 1. The Kier molecular flexibility index (Phi) is 9.38. The molecule has 0 aromatic carbocycles. The normalized spacial score (nSPS) is 11.1. The van der Waals surface area contributed by atoms with Crippen LogP contribution in [0.2, 0.25) is 0 Å². The molecule has 0 unspecified atom stereocenters. The van der Waals surface area contributed by atoms with E-state index in [9.17, 15) is 0 Å². The Hall–Kier alpha value is -0.860. The molecule has 1 rings (SSSR count). The van der Waals surface area contributed by atoms with Crippen LogP contribution in [0.15, 0.2) is 0 Å². The summed E-state index contributed by atoms with van der Waals surface area (Å²) in [5, 5.41) is 7.40. The number of H-pyrrole nitrogens is 1. The molecule has 0 spiro atoms. The molecule has 0 atom stereocenters. The Morgan fingerprint density at radius 2 is 1.32 bits per heavy atom. The van der Waals surface area contributed by atoms with Crippen molar-refractivity contribution in [2.75, 3.05) is 0 Å². The molecule has 0 fully saturated rings. The molecule has 0 aliphatic rings. The molecule has 0 saturated heterocycles. The second-order valence-corrected chi connectivity index (χ2v) is 5.53. The Morgan fingerprint density at radius 1 is 0.737 bits per heavy atom. The maximum absolute atomic E-state index is 4.58. The Morgan fingerprint density at radius 3 is 1.95 bits per heavy atom. The predicted molar refractivity (Wildman–Crippen MR) is 81.3 cm³/mol. The molecule has 0 amide bonds. The molecule has 0 aliphatic heterocycles. The molecule has 0 bridgehead atoms. The van der Waals surface area contributed by atoms with Crippen molar-refractivity contribution in [3.05, 3.63) is 11.6 Å². The fourth-order valence-electron chi connectivity index (χ4n) is 2.34. The van der Waals surface area contributed by atoms with Gasteiger partial charge in [-0.3, -0.25) is 5.10 Å². The third-order valence-electron chi connectivity index (χ3n) is 3.60. The number of nitrogens with zero attached hydrogens (tertiary/aromatic N) is 2. The van der Waals surface area contributed by atoms with Crippen LogP contribution >= 0.6 is 0 Å². The lowest BCUT2D eigenvalue weighted by Crippen LogP contribution is -1.91. The summed E-state index contributed by atoms with van der Waals surface area (Å²) >= 11 is 0. The van der Waals surface area contributed by atoms with Gasteiger partial charge in [0.1, 0.15) is 5.82 Å². The van der Waals surface area contributed by atoms with Gasteiger partial charge in [0.25, 0.3) is 0 Å². The van der Waals surface area contributed by atoms with Crippen molar-refractivity contribution in [2.24, 2.45) is 0 Å². The zero-order valence-corrected chi connectivity index (χ0v) is 12.9. The molecule has 3 heteroatoms. The Balaban J connectivity index is 2.07. The summed E-state index contributed by atoms with van der Waals surface area (Å²) < 4.78 is 0. The Labute approximate surface area is 118 Å². The van der Waals surface area contributed by atoms with E-state index in [1.165, 1.54) is 64.2 Å². The fourth-order valence-corrected chi connectivity index (χ4v) is 2.34. The molecular weight excluding hydrogens is 234 g/mol. The minimum Gasteiger partial charge on any atom is -0.263 e. The quantitative estimate of drug-likeness (QED) is 0.550. The summed E-state index contributed by atoms with van der Waals surface area (Å²) in [4.78, 5) is 4.58. The van der Waals surface area contributed by atoms with Gasteiger partial charge in [0.05, 0.1) is 0 Å². The van der Waals surface area contributed by atoms with Gasteiger partial charge in [-0.15, -0.1) is 0 Å². The molecule has 1 heterocycles. The first-order chi connectivity index (χ1) is 9.36. The van der Waals surface area contributed by atoms with E-state index in [2.05, 4.69) is 29.0 Å². The summed E-state index contributed by atoms with van der Waals surface area (Å²) in [5.74, 6) is 2.10. The SMILES string of the molecule is CCCCCCCc1n[nH]c(CCCCCCC)n1. The third-order valence-corrected chi connectivity index (χ3v) is 3.60. The lowest BCUT2D eigenvalue weighted by Gasteiger charge is -1.97. The zero-order chi connectivity index (χ0) is 13.8. The highest BCUT2D eigenvalue weighted by Gasteiger charge is 2.02. The summed E-state index contributed by atoms with van der Waals surface area (Å²) in [6, 6.07) is 0. The molecule has 1 aromatic heterocycles. The van der Waals surface area contributed by atoms with Crippen LogP contribution < -0.4 is 0 Å². The van der Waals surface area contributed by atoms with Gasteiger partial charge in [0.2, 0.25) is 0 Å². The van der Waals surface area contributed by atoms with Gasteiger partial charge in [0.15, 0.2) is 5.82 Å². The third kappa shape index (κ3) is 8.02. The van der Waals surface area contributed by atoms with Crippen molar-refractivity contribution in [3.8, 4) is 0 Å². The average Bonchev–Trinajstić information content (AvgIpc) is 2.86. The molecule has 0 saturated carbocycles. The van der Waals surface area contributed by atoms with Crippen molar-refractivity contribution < 1.29 is 0 Å². The minimum atomic E-state index is 1.01. The van der Waals surface area contributed by atoms with E-state index in [1.54, 1.807) is 0 Å². The van der Waals surface area contributed by atoms with Crippen molar-refractivity contribution >= 4 is 0 Å². The number of hydrogen-bond donors (Lipinski definition) is 1. The smallest absolute Gasteiger partial charge is 0.150 e. The first-order valence-corrected chi connectivity index (χ1v) is 8.27. The molecule has 0 aliphatic carbocycles. The summed E-state index contributed by atoms with van der Waals surface area (Å²) in [6.45, 7) is 4.51. The van der Waals surface area contributed by atoms with Crippen LogP contribution in [0.25, 0.3) is 0 Å². The molecule has 0 radical (unpaired) electrons. The van der Waals surface area contributed by atoms with Crippen molar-refractivity contribution in [3.63, 3.8) is 0 Å². The first-order valence-electron chi connectivity index (χ1n) is 8.27. The standard InChI is InChI=1S/C16H31N3/c1-3-5-7-9-11-13-15-17-16(19-18-15)14-12-10-8-6-4-2/h3-14H2,1-2H3,(H,17,18,19). The van der Waals surface area contributed by atoms with E-state index in [-0.39, 0.29) is 0 Å². The summed E-state index contributed by atoms with van der Waals surface area (Å²) in [5.41, 5.74) is 0. The van der Waals surface area contributed by atoms with Gasteiger partial charge in [-0.2, -0.15) is 5.10 Å². The molecule has 1 aromatic rings. The summed E-state index contributed by atoms with van der Waals surface area (Å²) in [7, 11) is 0. The highest BCUT2D eigenvalue weighted by Crippen LogP contribution is 2.08. The largest absolute Gasteiger partial charge is 0.263 e. The number of rotatable bonds is 12. The first kappa shape index (κ1) is 16.2. The van der Waals surface area contributed by atoms with E-state index in [1.807, 2.05) is 0 Å². The van der Waals surface area contributed by atoms with Gasteiger partial charge in [-0.25, -0.2) is 4.98 Å². The van der Waals surface area contributed by atoms with Crippen molar-refractivity contribution in [2.45, 2.75) is 90.9 Å². The molecule has 110 valence electrons. The Bertz CT molecular complexity index is 278. The van der Waals surface area contributed by atoms with E-state index in [0.29, 0.717) is 0 Å². The minimum absolute atomic E-state index is 1.01. The van der Waals surface area contributed by atoms with E-state index in [4.69, 9.17) is 0 Å². The lowest BCUT2D eigenvalue weighted by atomic mass is 10.1. The van der Waals surface area contributed by atoms with E-state index >= 15 is 0 Å². The number of aromatic nitrogens is 3. The van der Waals surface area contributed by atoms with Crippen molar-refractivity contribution in [1.29, 1.82) is 0 Å². The van der Waals surface area contributed by atoms with Gasteiger partial charge in [0, 0.05) is 12.8 Å². The van der Waals surface area contributed by atoms with E-state index in [0.717, 1.165) is 24.5 Å². The molecular formula is C16H31N3. The number of hydrogen-bond acceptors (Lipinski definition) is 2. The number of aryl methyl sites for hydroxylation is 2. The second kappa shape index (κ2) is 11.0. The van der Waals surface area contributed by atoms with Gasteiger partial charge < -0.3 is 0 Å². The molecule has 19 heavy (non-hydrogen) atoms. The number of nitrogens with one attached hydrogen (secondary N) is 1. The predicted octanol–water partition coefficient (Wildman–Crippen LogP) is 4.83. The number of unbranched alkanes of at least 4 members (excludes halogenated alkanes) is 8. The van der Waals surface area contributed by atoms with Crippen LogP contribution in [0.1, 0.15) is 89.7 Å². The monoisotopic (exact) mass is 265 g/mol. The van der Waals surface area contributed by atoms with E-state index < -0.39 is 0 Å². The average molecular weight is 265 g/mol. The van der Waals surface area contributed by atoms with Crippen LogP contribution in [0.3, 0.4) is 0 Å². The lowest BCUT2D eigenvalue weighted by molar-refractivity contribution is 0.620. The van der Waals surface area contributed by atoms with Gasteiger partial charge >= 0.3 is 0 Å². The second-order valence-electron chi connectivity index (χ2n) is 5.53. The van der Waals surface area contributed by atoms with Crippen LogP contribution in [-0.2, 0) is 12.8 Å². The maximum Gasteiger partial charge on any atom is 0.150 e. The summed E-state index contributed by atoms with van der Waals surface area (Å²) in [6.07, 6.45) is 15.3. The van der Waals surface area contributed by atoms with Crippen LogP contribution in [0, 0.1) is 0 Å². The molecule has 3 nitrogen and oxygen atoms in total. The molecule has 1 N–H and O–H groups in total. The van der Waals surface area contributed by atoms with Gasteiger partial charge in [-0.1, -0.05) is 65.2 Å². The van der Waals surface area contributed by atoms with Crippen LogP contribution in [0.4, 0.5) is 0 Å². The highest BCUT2D eigenvalue weighted by atomic mass is 15.2. The van der Waals surface area contributed by atoms with Crippen LogP contribution in [0.5, 0.6) is 0 Å². The van der Waals surface area contributed by atoms with Crippen molar-refractivity contribution in [1.82, 2.24) is 15.2 Å². The zero-order valence-electron chi connectivity index (χ0n) is 12.9. The topological polar surface area (TPSA) is 41.6 Å².